The number of ether oxygens (including phenoxy) is 2. The minimum Gasteiger partial charge on any atom is -0.484 e. The molecule has 2 atom stereocenters. The van der Waals surface area contributed by atoms with Crippen LogP contribution < -0.4 is 10.1 Å². The quantitative estimate of drug-likeness (QED) is 0.538. The number of nitrogens with one attached hydrogen (secondary N) is 1. The van der Waals surface area contributed by atoms with Gasteiger partial charge in [-0.2, -0.15) is 0 Å². The van der Waals surface area contributed by atoms with Gasteiger partial charge in [-0.25, -0.2) is 0 Å². The summed E-state index contributed by atoms with van der Waals surface area (Å²) < 4.78 is 11.4. The summed E-state index contributed by atoms with van der Waals surface area (Å²) in [6.45, 7) is 3.90. The lowest BCUT2D eigenvalue weighted by molar-refractivity contribution is -0.123. The molecule has 1 saturated heterocycles. The molecular weight excluding hydrogens is 452 g/mol. The third-order valence-electron chi connectivity index (χ3n) is 6.91. The minimum atomic E-state index is -0.238. The van der Waals surface area contributed by atoms with E-state index in [2.05, 4.69) is 36.5 Å². The Labute approximate surface area is 212 Å². The molecule has 0 unspecified atom stereocenters. The van der Waals surface area contributed by atoms with Crippen LogP contribution in [0.15, 0.2) is 72.8 Å². The van der Waals surface area contributed by atoms with E-state index in [0.717, 1.165) is 42.6 Å². The first-order valence-corrected chi connectivity index (χ1v) is 12.6. The average molecular weight is 485 g/mol. The van der Waals surface area contributed by atoms with Gasteiger partial charge < -0.3 is 19.7 Å². The van der Waals surface area contributed by atoms with E-state index >= 15 is 0 Å². The molecule has 0 aliphatic carbocycles. The molecule has 1 N–H and O–H groups in total. The fraction of sp³-hybridized carbons (Fsp3) is 0.333. The van der Waals surface area contributed by atoms with E-state index in [1.807, 2.05) is 53.4 Å². The molecule has 3 aromatic carbocycles. The van der Waals surface area contributed by atoms with E-state index in [0.29, 0.717) is 24.4 Å². The molecule has 0 radical (unpaired) electrons. The van der Waals surface area contributed by atoms with Gasteiger partial charge >= 0.3 is 0 Å². The first kappa shape index (κ1) is 24.1. The van der Waals surface area contributed by atoms with Crippen LogP contribution in [-0.2, 0) is 16.0 Å². The Morgan fingerprint density at radius 2 is 1.92 bits per heavy atom. The van der Waals surface area contributed by atoms with E-state index in [-0.39, 0.29) is 30.6 Å². The Kier molecular flexibility index (Phi) is 7.33. The van der Waals surface area contributed by atoms with Crippen LogP contribution >= 0.6 is 0 Å². The van der Waals surface area contributed by atoms with Crippen LogP contribution in [0.3, 0.4) is 0 Å². The number of carbonyl (C=O) groups is 2. The van der Waals surface area contributed by atoms with Gasteiger partial charge in [-0.3, -0.25) is 9.59 Å². The van der Waals surface area contributed by atoms with E-state index < -0.39 is 0 Å². The Morgan fingerprint density at radius 1 is 1.06 bits per heavy atom. The smallest absolute Gasteiger partial charge is 0.258 e. The average Bonchev–Trinajstić information content (AvgIpc) is 3.44. The second kappa shape index (κ2) is 11.0. The summed E-state index contributed by atoms with van der Waals surface area (Å²) in [5.41, 5.74) is 5.10. The van der Waals surface area contributed by atoms with Crippen molar-refractivity contribution in [2.45, 2.75) is 38.3 Å². The molecule has 2 amide bonds. The summed E-state index contributed by atoms with van der Waals surface area (Å²) in [6, 6.07) is 23.4. The van der Waals surface area contributed by atoms with Crippen LogP contribution in [-0.4, -0.2) is 49.1 Å². The summed E-state index contributed by atoms with van der Waals surface area (Å²) in [7, 11) is 0. The molecule has 0 spiro atoms. The molecular formula is C30H32N2O4. The lowest BCUT2D eigenvalue weighted by Gasteiger charge is -2.38. The Hall–Kier alpha value is -3.64. The molecule has 0 bridgehead atoms. The van der Waals surface area contributed by atoms with Crippen molar-refractivity contribution in [1.29, 1.82) is 0 Å². The zero-order valence-corrected chi connectivity index (χ0v) is 20.6. The van der Waals surface area contributed by atoms with Crippen molar-refractivity contribution in [1.82, 2.24) is 10.2 Å². The molecule has 36 heavy (non-hydrogen) atoms. The van der Waals surface area contributed by atoms with E-state index in [9.17, 15) is 9.59 Å². The van der Waals surface area contributed by atoms with Crippen molar-refractivity contribution in [2.24, 2.45) is 0 Å². The van der Waals surface area contributed by atoms with Crippen molar-refractivity contribution < 1.29 is 19.1 Å². The SMILES string of the molecule is Cc1cccc([C@H]2c3cc(OCC(=O)NC[C@@H]4CCCO4)ccc3CCN2C(=O)c2ccccc2)c1. The van der Waals surface area contributed by atoms with E-state index in [1.165, 1.54) is 5.56 Å². The van der Waals surface area contributed by atoms with Gasteiger partial charge in [0.1, 0.15) is 5.75 Å². The van der Waals surface area contributed by atoms with Gasteiger partial charge in [-0.05, 0) is 67.1 Å². The van der Waals surface area contributed by atoms with Crippen LogP contribution in [0.1, 0.15) is 51.5 Å². The summed E-state index contributed by atoms with van der Waals surface area (Å²) in [5, 5.41) is 2.90. The highest BCUT2D eigenvalue weighted by molar-refractivity contribution is 5.95. The maximum atomic E-state index is 13.6. The monoisotopic (exact) mass is 484 g/mol. The van der Waals surface area contributed by atoms with Gasteiger partial charge in [0.15, 0.2) is 6.61 Å². The van der Waals surface area contributed by atoms with Gasteiger partial charge in [0, 0.05) is 25.3 Å². The molecule has 3 aromatic rings. The first-order chi connectivity index (χ1) is 17.6. The molecule has 0 aromatic heterocycles. The molecule has 6 nitrogen and oxygen atoms in total. The number of amides is 2. The molecule has 0 saturated carbocycles. The van der Waals surface area contributed by atoms with Crippen LogP contribution in [0.25, 0.3) is 0 Å². The largest absolute Gasteiger partial charge is 0.484 e. The number of carbonyl (C=O) groups excluding carboxylic acids is 2. The number of hydrogen-bond acceptors (Lipinski definition) is 4. The standard InChI is InChI=1S/C30H32N2O4/c1-21-7-5-10-24(17-21)29-27-18-25(36-20-28(33)31-19-26-11-6-16-35-26)13-12-22(27)14-15-32(29)30(34)23-8-3-2-4-9-23/h2-5,7-10,12-13,17-18,26,29H,6,11,14-16,19-20H2,1H3,(H,31,33)/t26-,29-/m0/s1. The van der Waals surface area contributed by atoms with Gasteiger partial charge in [0.25, 0.3) is 11.8 Å². The lowest BCUT2D eigenvalue weighted by atomic mass is 9.87. The number of rotatable bonds is 7. The van der Waals surface area contributed by atoms with Crippen molar-refractivity contribution in [3.05, 3.63) is 101 Å². The normalized spacial score (nSPS) is 19.0. The highest BCUT2D eigenvalue weighted by Crippen LogP contribution is 2.38. The summed E-state index contributed by atoms with van der Waals surface area (Å²) in [6.07, 6.45) is 2.88. The molecule has 1 fully saturated rings. The third kappa shape index (κ3) is 5.44. The molecule has 2 heterocycles. The topological polar surface area (TPSA) is 67.9 Å². The maximum absolute atomic E-state index is 13.6. The third-order valence-corrected chi connectivity index (χ3v) is 6.91. The van der Waals surface area contributed by atoms with Crippen molar-refractivity contribution >= 4 is 11.8 Å². The number of hydrogen-bond donors (Lipinski definition) is 1. The Morgan fingerprint density at radius 3 is 2.69 bits per heavy atom. The number of nitrogens with zero attached hydrogens (tertiary/aromatic N) is 1. The fourth-order valence-electron chi connectivity index (χ4n) is 5.08. The van der Waals surface area contributed by atoms with Crippen LogP contribution in [0.4, 0.5) is 0 Å². The highest BCUT2D eigenvalue weighted by Gasteiger charge is 2.33. The molecule has 5 rings (SSSR count). The summed E-state index contributed by atoms with van der Waals surface area (Å²) >= 11 is 0. The number of aryl methyl sites for hydroxylation is 1. The molecule has 186 valence electrons. The zero-order chi connectivity index (χ0) is 24.9. The fourth-order valence-corrected chi connectivity index (χ4v) is 5.08. The number of fused-ring (bicyclic) bond motifs is 1. The van der Waals surface area contributed by atoms with Crippen LogP contribution in [0.5, 0.6) is 5.75 Å². The first-order valence-electron chi connectivity index (χ1n) is 12.6. The lowest BCUT2D eigenvalue weighted by Crippen LogP contribution is -2.40. The zero-order valence-electron chi connectivity index (χ0n) is 20.6. The van der Waals surface area contributed by atoms with Crippen LogP contribution in [0.2, 0.25) is 0 Å². The van der Waals surface area contributed by atoms with E-state index in [4.69, 9.17) is 9.47 Å². The predicted octanol–water partition coefficient (Wildman–Crippen LogP) is 4.46. The summed E-state index contributed by atoms with van der Waals surface area (Å²) in [4.78, 5) is 27.9. The van der Waals surface area contributed by atoms with Crippen LogP contribution in [0, 0.1) is 6.92 Å². The minimum absolute atomic E-state index is 0.00702. The Balaban J connectivity index is 1.38. The van der Waals surface area contributed by atoms with Crippen molar-refractivity contribution in [3.8, 4) is 5.75 Å². The highest BCUT2D eigenvalue weighted by atomic mass is 16.5. The van der Waals surface area contributed by atoms with Gasteiger partial charge in [-0.15, -0.1) is 0 Å². The second-order valence-corrected chi connectivity index (χ2v) is 9.52. The Bertz CT molecular complexity index is 1220. The van der Waals surface area contributed by atoms with Gasteiger partial charge in [0.2, 0.25) is 0 Å². The second-order valence-electron chi connectivity index (χ2n) is 9.52. The van der Waals surface area contributed by atoms with E-state index in [1.54, 1.807) is 0 Å². The molecule has 2 aliphatic rings. The van der Waals surface area contributed by atoms with Crippen molar-refractivity contribution in [3.63, 3.8) is 0 Å². The van der Waals surface area contributed by atoms with Crippen molar-refractivity contribution in [2.75, 3.05) is 26.3 Å². The molecule has 2 aliphatic heterocycles. The molecule has 6 heteroatoms. The maximum Gasteiger partial charge on any atom is 0.258 e. The summed E-state index contributed by atoms with van der Waals surface area (Å²) in [5.74, 6) is 0.458. The predicted molar refractivity (Wildman–Crippen MR) is 138 cm³/mol. The number of benzene rings is 3. The van der Waals surface area contributed by atoms with Gasteiger partial charge in [0.05, 0.1) is 12.1 Å². The van der Waals surface area contributed by atoms with Gasteiger partial charge in [-0.1, -0.05) is 54.1 Å².